The number of nitrogens with one attached hydrogen (secondary N) is 1. The predicted octanol–water partition coefficient (Wildman–Crippen LogP) is 0.392. The highest BCUT2D eigenvalue weighted by Crippen LogP contribution is 1.98. The Hall–Kier alpha value is -1.06. The van der Waals surface area contributed by atoms with Gasteiger partial charge < -0.3 is 10.2 Å². The van der Waals surface area contributed by atoms with E-state index in [0.717, 1.165) is 0 Å². The first-order valence-corrected chi connectivity index (χ1v) is 3.84. The molecule has 0 saturated heterocycles. The molecule has 1 N–H and O–H groups in total. The fraction of sp³-hybridized carbons (Fsp3) is 0.750. The van der Waals surface area contributed by atoms with Crippen LogP contribution in [0.25, 0.3) is 0 Å². The molecule has 0 spiro atoms. The largest absolute Gasteiger partial charge is 0.331 e. The van der Waals surface area contributed by atoms with E-state index >= 15 is 0 Å². The molecule has 0 saturated carbocycles. The lowest BCUT2D eigenvalue weighted by atomic mass is 10.1. The fourth-order valence-corrected chi connectivity index (χ4v) is 0.594. The quantitative estimate of drug-likeness (QED) is 0.668. The number of urea groups is 1. The number of carbonyl (C=O) groups excluding carboxylic acids is 2. The van der Waals surface area contributed by atoms with Crippen LogP contribution in [0.4, 0.5) is 4.79 Å². The van der Waals surface area contributed by atoms with Crippen molar-refractivity contribution in [2.24, 2.45) is 5.92 Å². The highest BCUT2D eigenvalue weighted by molar-refractivity contribution is 5.77. The van der Waals surface area contributed by atoms with Crippen LogP contribution in [0.1, 0.15) is 13.8 Å². The molecule has 0 unspecified atom stereocenters. The molecule has 69 valence electrons. The Balaban J connectivity index is 4.03. The second-order valence-corrected chi connectivity index (χ2v) is 3.18. The third-order valence-electron chi connectivity index (χ3n) is 1.48. The summed E-state index contributed by atoms with van der Waals surface area (Å²) >= 11 is 0. The minimum Gasteiger partial charge on any atom is -0.331 e. The standard InChI is InChI=1S/C8H15N2O2/c1-6(2)7(5-11)9-8(12)10(3)4/h6-7H,1-4H3,(H,9,12)/t7-/m1/s1. The number of hydrogen-bond donors (Lipinski definition) is 1. The minimum absolute atomic E-state index is 0.0754. The molecule has 0 rings (SSSR count). The van der Waals surface area contributed by atoms with E-state index in [0.29, 0.717) is 0 Å². The highest BCUT2D eigenvalue weighted by Gasteiger charge is 2.16. The molecule has 1 radical (unpaired) electrons. The van der Waals surface area contributed by atoms with E-state index in [4.69, 9.17) is 0 Å². The molecule has 0 aromatic heterocycles. The van der Waals surface area contributed by atoms with Gasteiger partial charge in [0.1, 0.15) is 0 Å². The average Bonchev–Trinajstić information content (AvgIpc) is 1.98. The molecular formula is C8H15N2O2. The van der Waals surface area contributed by atoms with Crippen LogP contribution in [-0.4, -0.2) is 37.4 Å². The predicted molar refractivity (Wildman–Crippen MR) is 46.5 cm³/mol. The van der Waals surface area contributed by atoms with Gasteiger partial charge >= 0.3 is 6.03 Å². The van der Waals surface area contributed by atoms with E-state index < -0.39 is 6.04 Å². The molecule has 4 heteroatoms. The van der Waals surface area contributed by atoms with E-state index in [9.17, 15) is 9.59 Å². The maximum atomic E-state index is 11.1. The average molecular weight is 171 g/mol. The van der Waals surface area contributed by atoms with Crippen molar-refractivity contribution in [2.45, 2.75) is 19.9 Å². The van der Waals surface area contributed by atoms with Gasteiger partial charge in [0.2, 0.25) is 6.29 Å². The Morgan fingerprint density at radius 1 is 1.42 bits per heavy atom. The van der Waals surface area contributed by atoms with Gasteiger partial charge in [0.25, 0.3) is 0 Å². The Labute approximate surface area is 72.9 Å². The van der Waals surface area contributed by atoms with Crippen molar-refractivity contribution in [1.29, 1.82) is 0 Å². The number of nitrogens with zero attached hydrogens (tertiary/aromatic N) is 1. The van der Waals surface area contributed by atoms with Crippen molar-refractivity contribution in [3.8, 4) is 0 Å². The SMILES string of the molecule is CC(C)[C@@H]([C]=O)NC(=O)N(C)C. The second kappa shape index (κ2) is 4.74. The third-order valence-corrected chi connectivity index (χ3v) is 1.48. The Morgan fingerprint density at radius 2 is 1.92 bits per heavy atom. The number of rotatable bonds is 3. The summed E-state index contributed by atoms with van der Waals surface area (Å²) in [6.07, 6.45) is 1.78. The van der Waals surface area contributed by atoms with Crippen molar-refractivity contribution in [1.82, 2.24) is 10.2 Å². The van der Waals surface area contributed by atoms with E-state index in [2.05, 4.69) is 5.32 Å². The highest BCUT2D eigenvalue weighted by atomic mass is 16.2. The molecule has 0 aliphatic heterocycles. The first-order valence-electron chi connectivity index (χ1n) is 3.84. The molecule has 4 nitrogen and oxygen atoms in total. The molecule has 0 fully saturated rings. The van der Waals surface area contributed by atoms with Crippen LogP contribution >= 0.6 is 0 Å². The maximum Gasteiger partial charge on any atom is 0.317 e. The van der Waals surface area contributed by atoms with Gasteiger partial charge in [0.15, 0.2) is 0 Å². The second-order valence-electron chi connectivity index (χ2n) is 3.18. The molecule has 0 aromatic carbocycles. The summed E-state index contributed by atoms with van der Waals surface area (Å²) in [5.41, 5.74) is 0. The number of carbonyl (C=O) groups is 1. The number of hydrogen-bond acceptors (Lipinski definition) is 2. The molecule has 1 atom stereocenters. The van der Waals surface area contributed by atoms with Crippen molar-refractivity contribution < 1.29 is 9.59 Å². The smallest absolute Gasteiger partial charge is 0.317 e. The first-order chi connectivity index (χ1) is 5.49. The zero-order valence-corrected chi connectivity index (χ0v) is 7.92. The molecule has 0 aliphatic carbocycles. The van der Waals surface area contributed by atoms with Crippen LogP contribution in [0, 0.1) is 5.92 Å². The monoisotopic (exact) mass is 171 g/mol. The van der Waals surface area contributed by atoms with Crippen LogP contribution in [0.5, 0.6) is 0 Å². The van der Waals surface area contributed by atoms with Gasteiger partial charge in [-0.3, -0.25) is 4.79 Å². The van der Waals surface area contributed by atoms with E-state index in [1.807, 2.05) is 13.8 Å². The third kappa shape index (κ3) is 3.37. The van der Waals surface area contributed by atoms with Gasteiger partial charge in [-0.25, -0.2) is 4.79 Å². The van der Waals surface area contributed by atoms with Gasteiger partial charge in [-0.05, 0) is 5.92 Å². The van der Waals surface area contributed by atoms with Gasteiger partial charge in [-0.1, -0.05) is 13.8 Å². The molecule has 0 aliphatic rings. The van der Waals surface area contributed by atoms with Gasteiger partial charge in [0.05, 0.1) is 6.04 Å². The van der Waals surface area contributed by atoms with Crippen LogP contribution in [-0.2, 0) is 4.79 Å². The fourth-order valence-electron chi connectivity index (χ4n) is 0.594. The normalized spacial score (nSPS) is 12.4. The van der Waals surface area contributed by atoms with E-state index in [-0.39, 0.29) is 11.9 Å². The van der Waals surface area contributed by atoms with Crippen LogP contribution in [0.15, 0.2) is 0 Å². The molecular weight excluding hydrogens is 156 g/mol. The van der Waals surface area contributed by atoms with Gasteiger partial charge in [-0.2, -0.15) is 0 Å². The molecule has 2 amide bonds. The summed E-state index contributed by atoms with van der Waals surface area (Å²) < 4.78 is 0. The molecule has 12 heavy (non-hydrogen) atoms. The maximum absolute atomic E-state index is 11.1. The summed E-state index contributed by atoms with van der Waals surface area (Å²) in [5.74, 6) is 0.0754. The van der Waals surface area contributed by atoms with Crippen LogP contribution < -0.4 is 5.32 Å². The summed E-state index contributed by atoms with van der Waals surface area (Å²) in [4.78, 5) is 22.8. The lowest BCUT2D eigenvalue weighted by molar-refractivity contribution is 0.213. The van der Waals surface area contributed by atoms with Gasteiger partial charge in [0, 0.05) is 14.1 Å². The van der Waals surface area contributed by atoms with Crippen molar-refractivity contribution in [3.05, 3.63) is 0 Å². The Morgan fingerprint density at radius 3 is 2.17 bits per heavy atom. The number of amides is 2. The van der Waals surface area contributed by atoms with E-state index in [1.165, 1.54) is 4.90 Å². The first kappa shape index (κ1) is 10.9. The van der Waals surface area contributed by atoms with Crippen LogP contribution in [0.2, 0.25) is 0 Å². The van der Waals surface area contributed by atoms with Gasteiger partial charge in [-0.15, -0.1) is 0 Å². The Kier molecular flexibility index (Phi) is 4.33. The van der Waals surface area contributed by atoms with Crippen molar-refractivity contribution in [2.75, 3.05) is 14.1 Å². The Bertz CT molecular complexity index is 166. The summed E-state index contributed by atoms with van der Waals surface area (Å²) in [7, 11) is 3.25. The zero-order valence-electron chi connectivity index (χ0n) is 7.92. The summed E-state index contributed by atoms with van der Waals surface area (Å²) in [5, 5.41) is 2.53. The molecule has 0 heterocycles. The molecule has 0 aromatic rings. The molecule has 0 bridgehead atoms. The summed E-state index contributed by atoms with van der Waals surface area (Å²) in [6.45, 7) is 3.71. The topological polar surface area (TPSA) is 49.4 Å². The minimum atomic E-state index is -0.514. The van der Waals surface area contributed by atoms with Crippen molar-refractivity contribution >= 4 is 12.3 Å². The lowest BCUT2D eigenvalue weighted by Crippen LogP contribution is -2.44. The summed E-state index contributed by atoms with van der Waals surface area (Å²) in [6, 6.07) is -0.781. The van der Waals surface area contributed by atoms with E-state index in [1.54, 1.807) is 20.4 Å². The van der Waals surface area contributed by atoms with Crippen molar-refractivity contribution in [3.63, 3.8) is 0 Å². The zero-order chi connectivity index (χ0) is 9.72. The lowest BCUT2D eigenvalue weighted by Gasteiger charge is -2.18. The van der Waals surface area contributed by atoms with Crippen LogP contribution in [0.3, 0.4) is 0 Å².